The highest BCUT2D eigenvalue weighted by Crippen LogP contribution is 2.41. The Labute approximate surface area is 738 Å². The first-order valence-electron chi connectivity index (χ1n) is 42.7. The molecule has 0 unspecified atom stereocenters. The lowest BCUT2D eigenvalue weighted by atomic mass is 10.1. The van der Waals surface area contributed by atoms with E-state index in [0.29, 0.717) is 34.9 Å². The third-order valence-electron chi connectivity index (χ3n) is 24.8. The average Bonchev–Trinajstić information content (AvgIpc) is 0.700. The van der Waals surface area contributed by atoms with Gasteiger partial charge in [0, 0.05) is 22.3 Å². The first kappa shape index (κ1) is 77.7. The lowest BCUT2D eigenvalue weighted by Crippen LogP contribution is -2.76. The van der Waals surface area contributed by atoms with Crippen molar-refractivity contribution in [1.29, 1.82) is 0 Å². The molecule has 0 fully saturated rings. The van der Waals surface area contributed by atoms with E-state index in [4.69, 9.17) is 39.4 Å². The Morgan fingerprint density at radius 1 is 0.167 bits per heavy atom. The standard InChI is InChI=1S/C57H39N3O2Si2.C57H43N3Si2/c1-6-22-40(23-7-1)55-58-56(45-32-20-38-51-53(45)61-47-34-16-18-36-49(47)63(51,41-24-8-2-9-25-41)42-26-10-3-11-27-42)60-57(59-55)46-33-21-39-52-54(46)62-48-35-17-19-37-50(48)64(52,43-28-12-4-13-29-43)44-30-14-5-15-31-44;1-8-24-44(25-9-1)55-58-56(45-26-22-40-53(42-45)61(47-28-10-2-11-29-47,48-30-12-3-13-31-48)49-32-14-4-15-33-49)60-57(59-55)46-27-23-41-54(43-46)62(50-34-16-5-17-35-50,51-36-18-6-19-37-51)52-38-20-7-21-39-52/h1-39H;1-43H. The molecule has 126 heavy (non-hydrogen) atoms. The normalized spacial score (nSPS) is 12.7. The van der Waals surface area contributed by atoms with Crippen LogP contribution >= 0.6 is 0 Å². The van der Waals surface area contributed by atoms with Crippen molar-refractivity contribution >= 4 is 115 Å². The number of hydrogen-bond acceptors (Lipinski definition) is 8. The van der Waals surface area contributed by atoms with Crippen molar-refractivity contribution in [2.24, 2.45) is 0 Å². The van der Waals surface area contributed by atoms with Crippen LogP contribution in [0.1, 0.15) is 0 Å². The molecule has 4 heterocycles. The summed E-state index contributed by atoms with van der Waals surface area (Å²) in [7, 11) is -11.5. The molecule has 8 nitrogen and oxygen atoms in total. The fraction of sp³-hybridized carbons (Fsp3) is 0. The summed E-state index contributed by atoms with van der Waals surface area (Å²) < 4.78 is 14.2. The molecule has 0 saturated heterocycles. The molecule has 0 aliphatic carbocycles. The zero-order valence-electron chi connectivity index (χ0n) is 68.8. The Hall–Kier alpha value is -15.6. The molecule has 0 spiro atoms. The van der Waals surface area contributed by atoms with E-state index in [2.05, 4.69) is 461 Å². The second kappa shape index (κ2) is 34.0. The molecular weight excluding hydrogens is 1600 g/mol. The van der Waals surface area contributed by atoms with E-state index in [1.54, 1.807) is 0 Å². The molecule has 0 bridgehead atoms. The lowest BCUT2D eigenvalue weighted by Gasteiger charge is -2.40. The zero-order chi connectivity index (χ0) is 84.1. The van der Waals surface area contributed by atoms with Crippen molar-refractivity contribution in [3.63, 3.8) is 0 Å². The van der Waals surface area contributed by atoms with Gasteiger partial charge in [-0.3, -0.25) is 0 Å². The van der Waals surface area contributed by atoms with Crippen LogP contribution in [0.3, 0.4) is 0 Å². The highest BCUT2D eigenvalue weighted by Gasteiger charge is 2.51. The number of hydrogen-bond donors (Lipinski definition) is 0. The van der Waals surface area contributed by atoms with Gasteiger partial charge in [-0.25, -0.2) is 29.9 Å². The highest BCUT2D eigenvalue weighted by molar-refractivity contribution is 7.22. The van der Waals surface area contributed by atoms with Crippen LogP contribution in [0.2, 0.25) is 0 Å². The van der Waals surface area contributed by atoms with E-state index in [-0.39, 0.29) is 0 Å². The second-order valence-electron chi connectivity index (χ2n) is 31.7. The van der Waals surface area contributed by atoms with Gasteiger partial charge in [0.05, 0.1) is 11.1 Å². The molecule has 2 aliphatic rings. The molecule has 22 rings (SSSR count). The minimum Gasteiger partial charge on any atom is -0.457 e. The van der Waals surface area contributed by atoms with Crippen LogP contribution in [0.4, 0.5) is 0 Å². The highest BCUT2D eigenvalue weighted by atomic mass is 28.3. The molecule has 12 heteroatoms. The maximum Gasteiger partial charge on any atom is 0.188 e. The van der Waals surface area contributed by atoms with Crippen molar-refractivity contribution in [2.45, 2.75) is 0 Å². The first-order valence-corrected chi connectivity index (χ1v) is 50.7. The summed E-state index contributed by atoms with van der Waals surface area (Å²) >= 11 is 0. The van der Waals surface area contributed by atoms with Crippen molar-refractivity contribution in [2.75, 3.05) is 0 Å². The van der Waals surface area contributed by atoms with E-state index < -0.39 is 32.3 Å². The van der Waals surface area contributed by atoms with Gasteiger partial charge in [0.1, 0.15) is 23.0 Å². The molecule has 0 atom stereocenters. The second-order valence-corrected chi connectivity index (χ2v) is 46.8. The van der Waals surface area contributed by atoms with E-state index in [1.165, 1.54) is 72.6 Å². The van der Waals surface area contributed by atoms with Crippen molar-refractivity contribution in [3.05, 3.63) is 497 Å². The Morgan fingerprint density at radius 2 is 0.373 bits per heavy atom. The van der Waals surface area contributed by atoms with Crippen LogP contribution in [0.5, 0.6) is 23.0 Å². The Morgan fingerprint density at radius 3 is 0.667 bits per heavy atom. The van der Waals surface area contributed by atoms with Gasteiger partial charge in [0.2, 0.25) is 0 Å². The summed E-state index contributed by atoms with van der Waals surface area (Å²) in [5.41, 5.74) is 5.30. The fourth-order valence-electron chi connectivity index (χ4n) is 19.4. The molecule has 596 valence electrons. The monoisotopic (exact) mass is 1680 g/mol. The van der Waals surface area contributed by atoms with Crippen LogP contribution < -0.4 is 92.5 Å². The predicted octanol–water partition coefficient (Wildman–Crippen LogP) is 15.5. The number of rotatable bonds is 18. The largest absolute Gasteiger partial charge is 0.457 e. The fourth-order valence-corrected chi connectivity index (χ4v) is 38.9. The predicted molar refractivity (Wildman–Crippen MR) is 527 cm³/mol. The van der Waals surface area contributed by atoms with E-state index in [9.17, 15) is 0 Å². The number of para-hydroxylation sites is 4. The number of ether oxygens (including phenoxy) is 2. The van der Waals surface area contributed by atoms with Crippen LogP contribution in [-0.4, -0.2) is 62.2 Å². The Bertz CT molecular complexity index is 6590. The molecule has 2 aliphatic heterocycles. The first-order chi connectivity index (χ1) is 62.5. The summed E-state index contributed by atoms with van der Waals surface area (Å²) in [5.74, 6) is 6.71. The van der Waals surface area contributed by atoms with Crippen LogP contribution in [0, 0.1) is 0 Å². The molecule has 0 radical (unpaired) electrons. The lowest BCUT2D eigenvalue weighted by molar-refractivity contribution is 0.488. The van der Waals surface area contributed by atoms with Gasteiger partial charge >= 0.3 is 0 Å². The maximum absolute atomic E-state index is 7.12. The Kier molecular flexibility index (Phi) is 21.0. The zero-order valence-corrected chi connectivity index (χ0v) is 72.8. The van der Waals surface area contributed by atoms with Crippen LogP contribution in [-0.2, 0) is 0 Å². The van der Waals surface area contributed by atoms with Crippen molar-refractivity contribution in [3.8, 4) is 91.3 Å². The van der Waals surface area contributed by atoms with Crippen LogP contribution in [0.25, 0.3) is 68.3 Å². The minimum atomic E-state index is -2.94. The number of benzene rings is 18. The summed E-state index contributed by atoms with van der Waals surface area (Å²) in [6, 6.07) is 178. The van der Waals surface area contributed by atoms with Gasteiger partial charge < -0.3 is 9.47 Å². The number of nitrogens with zero attached hydrogens (tertiary/aromatic N) is 6. The van der Waals surface area contributed by atoms with Crippen LogP contribution in [0.15, 0.2) is 497 Å². The van der Waals surface area contributed by atoms with Gasteiger partial charge in [0.15, 0.2) is 67.2 Å². The minimum absolute atomic E-state index is 0.521. The van der Waals surface area contributed by atoms with Gasteiger partial charge in [-0.2, -0.15) is 0 Å². The molecule has 18 aromatic carbocycles. The number of fused-ring (bicyclic) bond motifs is 4. The molecule has 2 aromatic heterocycles. The summed E-state index contributed by atoms with van der Waals surface area (Å²) in [4.78, 5) is 32.0. The van der Waals surface area contributed by atoms with E-state index in [1.807, 2.05) is 36.4 Å². The third kappa shape index (κ3) is 13.7. The molecular formula is C114H82N6O2Si4. The SMILES string of the molecule is c1ccc(-c2nc(-c3cccc([Si](c4ccccc4)(c4ccccc4)c4ccccc4)c3)nc(-c3cccc([Si](c4ccccc4)(c4ccccc4)c4ccccc4)c3)n2)cc1.c1ccc(-c2nc(-c3cccc4c3Oc3ccccc3[Si]4(c3ccccc3)c3ccccc3)nc(-c3cccc4c3Oc3ccccc3[Si]4(c3ccccc3)c3ccccc3)n2)cc1. The van der Waals surface area contributed by atoms with Gasteiger partial charge in [0.25, 0.3) is 0 Å². The van der Waals surface area contributed by atoms with Gasteiger partial charge in [-0.05, 0) is 107 Å². The molecule has 20 aromatic rings. The Balaban J connectivity index is 0.000000154. The molecule has 0 amide bonds. The topological polar surface area (TPSA) is 95.8 Å². The number of aromatic nitrogens is 6. The smallest absolute Gasteiger partial charge is 0.188 e. The summed E-state index contributed by atoms with van der Waals surface area (Å²) in [6.45, 7) is 0. The molecule has 0 N–H and O–H groups in total. The maximum atomic E-state index is 7.12. The quantitative estimate of drug-likeness (QED) is 0.0619. The summed E-state index contributed by atoms with van der Waals surface area (Å²) in [6.07, 6.45) is 0. The third-order valence-corrected chi connectivity index (χ3v) is 44.0. The summed E-state index contributed by atoms with van der Waals surface area (Å²) in [5, 5.41) is 20.2. The van der Waals surface area contributed by atoms with Gasteiger partial charge in [-0.1, -0.05) is 473 Å². The van der Waals surface area contributed by atoms with Gasteiger partial charge in [-0.15, -0.1) is 0 Å². The molecule has 0 saturated carbocycles. The van der Waals surface area contributed by atoms with Crippen molar-refractivity contribution in [1.82, 2.24) is 29.9 Å². The average molecular weight is 1680 g/mol. The van der Waals surface area contributed by atoms with E-state index >= 15 is 0 Å². The van der Waals surface area contributed by atoms with E-state index in [0.717, 1.165) is 66.8 Å². The van der Waals surface area contributed by atoms with Crippen molar-refractivity contribution < 1.29 is 9.47 Å².